The zero-order valence-electron chi connectivity index (χ0n) is 11.0. The fourth-order valence-corrected chi connectivity index (χ4v) is 2.40. The van der Waals surface area contributed by atoms with Crippen LogP contribution in [-0.2, 0) is 4.79 Å². The van der Waals surface area contributed by atoms with Gasteiger partial charge in [-0.25, -0.2) is 4.79 Å². The van der Waals surface area contributed by atoms with Gasteiger partial charge in [0.05, 0.1) is 12.6 Å². The molecule has 1 heterocycles. The van der Waals surface area contributed by atoms with E-state index in [1.807, 2.05) is 0 Å². The van der Waals surface area contributed by atoms with Gasteiger partial charge in [0.2, 0.25) is 0 Å². The number of carbonyl (C=O) groups is 2. The Bertz CT molecular complexity index is 538. The van der Waals surface area contributed by atoms with E-state index in [-0.39, 0.29) is 18.6 Å². The fraction of sp³-hybridized carbons (Fsp3) is 0.333. The molecule has 1 unspecified atom stereocenters. The number of amides is 1. The number of aliphatic hydroxyl groups excluding tert-OH is 1. The van der Waals surface area contributed by atoms with Crippen molar-refractivity contribution in [3.63, 3.8) is 0 Å². The summed E-state index contributed by atoms with van der Waals surface area (Å²) in [6.45, 7) is 0.629. The maximum atomic E-state index is 12.4. The Kier molecular flexibility index (Phi) is 4.53. The largest absolute Gasteiger partial charge is 0.478 e. The van der Waals surface area contributed by atoms with E-state index in [0.717, 1.165) is 18.9 Å². The summed E-state index contributed by atoms with van der Waals surface area (Å²) in [6.07, 6.45) is 4.21. The van der Waals surface area contributed by atoms with Gasteiger partial charge in [-0.2, -0.15) is 0 Å². The van der Waals surface area contributed by atoms with Crippen LogP contribution in [0, 0.1) is 0 Å². The Labute approximate surface area is 117 Å². The van der Waals surface area contributed by atoms with Crippen molar-refractivity contribution in [3.05, 3.63) is 41.5 Å². The third-order valence-electron chi connectivity index (χ3n) is 3.40. The van der Waals surface area contributed by atoms with E-state index in [4.69, 9.17) is 5.11 Å². The van der Waals surface area contributed by atoms with Crippen LogP contribution < -0.4 is 0 Å². The molecule has 106 valence electrons. The summed E-state index contributed by atoms with van der Waals surface area (Å²) in [5.41, 5.74) is 1.18. The number of carboxylic acids is 1. The van der Waals surface area contributed by atoms with Crippen molar-refractivity contribution in [2.75, 3.05) is 13.2 Å². The first-order valence-corrected chi connectivity index (χ1v) is 6.54. The van der Waals surface area contributed by atoms with Crippen LogP contribution in [0.2, 0.25) is 0 Å². The molecular formula is C15H17NO4. The predicted molar refractivity (Wildman–Crippen MR) is 74.3 cm³/mol. The second kappa shape index (κ2) is 6.34. The number of carbonyl (C=O) groups excluding carboxylic acids is 1. The minimum absolute atomic E-state index is 0.0235. The molecule has 1 amide bonds. The number of hydrogen-bond acceptors (Lipinski definition) is 3. The predicted octanol–water partition coefficient (Wildman–Crippen LogP) is 1.38. The number of likely N-dealkylation sites (tertiary alicyclic amines) is 1. The van der Waals surface area contributed by atoms with Crippen LogP contribution in [-0.4, -0.2) is 46.2 Å². The third kappa shape index (κ3) is 3.24. The zero-order valence-corrected chi connectivity index (χ0v) is 11.0. The minimum Gasteiger partial charge on any atom is -0.478 e. The summed E-state index contributed by atoms with van der Waals surface area (Å²) < 4.78 is 0. The van der Waals surface area contributed by atoms with Gasteiger partial charge in [-0.05, 0) is 36.6 Å². The topological polar surface area (TPSA) is 77.8 Å². The van der Waals surface area contributed by atoms with Crippen LogP contribution in [0.25, 0.3) is 6.08 Å². The lowest BCUT2D eigenvalue weighted by Crippen LogP contribution is -2.37. The lowest BCUT2D eigenvalue weighted by molar-refractivity contribution is -0.131. The molecule has 0 bridgehead atoms. The summed E-state index contributed by atoms with van der Waals surface area (Å²) in [5, 5.41) is 17.9. The Hall–Kier alpha value is -2.14. The smallest absolute Gasteiger partial charge is 0.328 e. The van der Waals surface area contributed by atoms with Crippen LogP contribution in [0.15, 0.2) is 30.3 Å². The van der Waals surface area contributed by atoms with Gasteiger partial charge >= 0.3 is 5.97 Å². The molecule has 1 saturated heterocycles. The summed E-state index contributed by atoms with van der Waals surface area (Å²) >= 11 is 0. The average Bonchev–Trinajstić information content (AvgIpc) is 2.93. The molecule has 1 aromatic carbocycles. The summed E-state index contributed by atoms with van der Waals surface area (Å²) in [7, 11) is 0. The van der Waals surface area contributed by atoms with Crippen LogP contribution in [0.3, 0.4) is 0 Å². The Balaban J connectivity index is 2.18. The third-order valence-corrected chi connectivity index (χ3v) is 3.40. The van der Waals surface area contributed by atoms with Crippen molar-refractivity contribution in [2.24, 2.45) is 0 Å². The van der Waals surface area contributed by atoms with E-state index in [0.29, 0.717) is 17.7 Å². The number of rotatable bonds is 4. The molecule has 1 atom stereocenters. The molecule has 0 saturated carbocycles. The fourth-order valence-electron chi connectivity index (χ4n) is 2.40. The van der Waals surface area contributed by atoms with Gasteiger partial charge < -0.3 is 15.1 Å². The van der Waals surface area contributed by atoms with E-state index < -0.39 is 5.97 Å². The van der Waals surface area contributed by atoms with Gasteiger partial charge in [-0.1, -0.05) is 12.1 Å². The lowest BCUT2D eigenvalue weighted by Gasteiger charge is -2.23. The number of aliphatic carboxylic acids is 1. The minimum atomic E-state index is -1.03. The number of nitrogens with zero attached hydrogens (tertiary/aromatic N) is 1. The van der Waals surface area contributed by atoms with Crippen molar-refractivity contribution in [2.45, 2.75) is 18.9 Å². The quantitative estimate of drug-likeness (QED) is 0.814. The Morgan fingerprint density at radius 2 is 2.20 bits per heavy atom. The number of carboxylic acid groups (broad SMARTS) is 1. The molecule has 0 spiro atoms. The van der Waals surface area contributed by atoms with E-state index in [9.17, 15) is 14.7 Å². The van der Waals surface area contributed by atoms with E-state index >= 15 is 0 Å². The monoisotopic (exact) mass is 275 g/mol. The normalized spacial score (nSPS) is 18.6. The SMILES string of the molecule is O=C(O)C=Cc1cccc(C(=O)N2CCCC2CO)c1. The van der Waals surface area contributed by atoms with E-state index in [2.05, 4.69) is 0 Å². The second-order valence-corrected chi connectivity index (χ2v) is 4.77. The van der Waals surface area contributed by atoms with Crippen molar-refractivity contribution in [3.8, 4) is 0 Å². The van der Waals surface area contributed by atoms with Crippen LogP contribution >= 0.6 is 0 Å². The van der Waals surface area contributed by atoms with Gasteiger partial charge in [-0.3, -0.25) is 4.79 Å². The van der Waals surface area contributed by atoms with Crippen molar-refractivity contribution >= 4 is 18.0 Å². The first kappa shape index (κ1) is 14.3. The summed E-state index contributed by atoms with van der Waals surface area (Å²) in [4.78, 5) is 24.6. The molecule has 2 rings (SSSR count). The van der Waals surface area contributed by atoms with E-state index in [1.54, 1.807) is 29.2 Å². The molecule has 1 aromatic rings. The van der Waals surface area contributed by atoms with Crippen LogP contribution in [0.5, 0.6) is 0 Å². The molecule has 0 radical (unpaired) electrons. The highest BCUT2D eigenvalue weighted by atomic mass is 16.4. The molecule has 1 aliphatic rings. The van der Waals surface area contributed by atoms with Crippen molar-refractivity contribution in [1.82, 2.24) is 4.90 Å². The lowest BCUT2D eigenvalue weighted by atomic mass is 10.1. The highest BCUT2D eigenvalue weighted by molar-refractivity contribution is 5.95. The number of hydrogen-bond donors (Lipinski definition) is 2. The number of benzene rings is 1. The molecule has 2 N–H and O–H groups in total. The summed E-state index contributed by atoms with van der Waals surface area (Å²) in [5.74, 6) is -1.14. The van der Waals surface area contributed by atoms with Crippen LogP contribution in [0.4, 0.5) is 0 Å². The highest BCUT2D eigenvalue weighted by Gasteiger charge is 2.28. The average molecular weight is 275 g/mol. The number of aliphatic hydroxyl groups is 1. The summed E-state index contributed by atoms with van der Waals surface area (Å²) in [6, 6.07) is 6.71. The standard InChI is InChI=1S/C15H17NO4/c17-10-13-5-2-8-16(13)15(20)12-4-1-3-11(9-12)6-7-14(18)19/h1,3-4,6-7,9,13,17H,2,5,8,10H2,(H,18,19). The zero-order chi connectivity index (χ0) is 14.5. The van der Waals surface area contributed by atoms with E-state index in [1.165, 1.54) is 6.08 Å². The first-order chi connectivity index (χ1) is 9.61. The molecule has 0 aromatic heterocycles. The molecule has 5 nitrogen and oxygen atoms in total. The molecular weight excluding hydrogens is 258 g/mol. The Morgan fingerprint density at radius 3 is 2.90 bits per heavy atom. The second-order valence-electron chi connectivity index (χ2n) is 4.77. The maximum absolute atomic E-state index is 12.4. The molecule has 20 heavy (non-hydrogen) atoms. The van der Waals surface area contributed by atoms with Crippen molar-refractivity contribution < 1.29 is 19.8 Å². The van der Waals surface area contributed by atoms with Gasteiger partial charge in [0, 0.05) is 18.2 Å². The Morgan fingerprint density at radius 1 is 1.40 bits per heavy atom. The first-order valence-electron chi connectivity index (χ1n) is 6.54. The van der Waals surface area contributed by atoms with Gasteiger partial charge in [0.25, 0.3) is 5.91 Å². The van der Waals surface area contributed by atoms with Crippen LogP contribution in [0.1, 0.15) is 28.8 Å². The van der Waals surface area contributed by atoms with Crippen molar-refractivity contribution in [1.29, 1.82) is 0 Å². The highest BCUT2D eigenvalue weighted by Crippen LogP contribution is 2.20. The van der Waals surface area contributed by atoms with Gasteiger partial charge in [0.15, 0.2) is 0 Å². The molecule has 1 fully saturated rings. The maximum Gasteiger partial charge on any atom is 0.328 e. The van der Waals surface area contributed by atoms with Gasteiger partial charge in [-0.15, -0.1) is 0 Å². The molecule has 5 heteroatoms. The molecule has 0 aliphatic carbocycles. The molecule has 1 aliphatic heterocycles. The van der Waals surface area contributed by atoms with Gasteiger partial charge in [0.1, 0.15) is 0 Å².